The Balaban J connectivity index is 2.58. The fraction of sp³-hybridized carbons (Fsp3) is 0.600. The van der Waals surface area contributed by atoms with Gasteiger partial charge in [-0.15, -0.1) is 11.8 Å². The van der Waals surface area contributed by atoms with Crippen LogP contribution in [0.3, 0.4) is 0 Å². The van der Waals surface area contributed by atoms with E-state index >= 15 is 0 Å². The Kier molecular flexibility index (Phi) is 6.49. The standard InChI is InChI=1S/C15H24N2O2S/c1-5-11(3)15(4,19)10-17-14(18)12-7-8-13(16-9-12)20-6-2/h7-9,11,19H,5-6,10H2,1-4H3,(H,17,18). The Morgan fingerprint density at radius 2 is 2.20 bits per heavy atom. The molecule has 0 fully saturated rings. The predicted octanol–water partition coefficient (Wildman–Crippen LogP) is 2.72. The number of thioether (sulfide) groups is 1. The SMILES string of the molecule is CCSc1ccc(C(=O)NCC(C)(O)C(C)CC)cn1. The molecule has 1 rings (SSSR count). The zero-order valence-electron chi connectivity index (χ0n) is 12.6. The van der Waals surface area contributed by atoms with Crippen molar-refractivity contribution >= 4 is 17.7 Å². The first-order chi connectivity index (χ1) is 9.40. The molecule has 0 spiro atoms. The van der Waals surface area contributed by atoms with E-state index in [-0.39, 0.29) is 18.4 Å². The van der Waals surface area contributed by atoms with Gasteiger partial charge in [0, 0.05) is 12.7 Å². The number of nitrogens with one attached hydrogen (secondary N) is 1. The summed E-state index contributed by atoms with van der Waals surface area (Å²) < 4.78 is 0. The largest absolute Gasteiger partial charge is 0.388 e. The van der Waals surface area contributed by atoms with Crippen LogP contribution in [-0.4, -0.2) is 33.9 Å². The molecule has 1 amide bonds. The van der Waals surface area contributed by atoms with Gasteiger partial charge in [-0.2, -0.15) is 0 Å². The third-order valence-electron chi connectivity index (χ3n) is 3.57. The molecule has 2 N–H and O–H groups in total. The summed E-state index contributed by atoms with van der Waals surface area (Å²) in [6.45, 7) is 8.05. The van der Waals surface area contributed by atoms with Crippen LogP contribution in [0.4, 0.5) is 0 Å². The molecule has 1 heterocycles. The Bertz CT molecular complexity index is 432. The summed E-state index contributed by atoms with van der Waals surface area (Å²) in [7, 11) is 0. The first kappa shape index (κ1) is 17.0. The normalized spacial score (nSPS) is 15.4. The van der Waals surface area contributed by atoms with Crippen LogP contribution in [0.5, 0.6) is 0 Å². The van der Waals surface area contributed by atoms with E-state index in [0.717, 1.165) is 17.2 Å². The van der Waals surface area contributed by atoms with Crippen molar-refractivity contribution in [2.24, 2.45) is 5.92 Å². The number of aliphatic hydroxyl groups is 1. The lowest BCUT2D eigenvalue weighted by atomic mass is 9.88. The van der Waals surface area contributed by atoms with Crippen LogP contribution in [-0.2, 0) is 0 Å². The second kappa shape index (κ2) is 7.64. The maximum atomic E-state index is 12.0. The summed E-state index contributed by atoms with van der Waals surface area (Å²) in [6.07, 6.45) is 2.44. The molecule has 0 aliphatic carbocycles. The van der Waals surface area contributed by atoms with Gasteiger partial charge in [0.1, 0.15) is 0 Å². The first-order valence-electron chi connectivity index (χ1n) is 7.00. The number of rotatable bonds is 7. The Labute approximate surface area is 125 Å². The van der Waals surface area contributed by atoms with Crippen molar-refractivity contribution in [2.75, 3.05) is 12.3 Å². The van der Waals surface area contributed by atoms with Crippen molar-refractivity contribution in [1.29, 1.82) is 0 Å². The minimum Gasteiger partial charge on any atom is -0.388 e. The summed E-state index contributed by atoms with van der Waals surface area (Å²) >= 11 is 1.64. The summed E-state index contributed by atoms with van der Waals surface area (Å²) in [5, 5.41) is 13.9. The highest BCUT2D eigenvalue weighted by Gasteiger charge is 2.27. The summed E-state index contributed by atoms with van der Waals surface area (Å²) in [5.74, 6) is 0.884. The highest BCUT2D eigenvalue weighted by molar-refractivity contribution is 7.99. The molecule has 20 heavy (non-hydrogen) atoms. The molecule has 2 atom stereocenters. The third-order valence-corrected chi connectivity index (χ3v) is 4.40. The van der Waals surface area contributed by atoms with Gasteiger partial charge in [-0.1, -0.05) is 27.2 Å². The van der Waals surface area contributed by atoms with Gasteiger partial charge in [0.05, 0.1) is 16.2 Å². The molecule has 0 saturated carbocycles. The van der Waals surface area contributed by atoms with Gasteiger partial charge in [-0.25, -0.2) is 4.98 Å². The summed E-state index contributed by atoms with van der Waals surface area (Å²) in [5.41, 5.74) is -0.374. The molecule has 1 aromatic rings. The molecule has 0 aromatic carbocycles. The average Bonchev–Trinajstić information content (AvgIpc) is 2.45. The minimum absolute atomic E-state index is 0.129. The quantitative estimate of drug-likeness (QED) is 0.760. The number of amides is 1. The van der Waals surface area contributed by atoms with E-state index < -0.39 is 5.60 Å². The van der Waals surface area contributed by atoms with Gasteiger partial charge in [0.2, 0.25) is 0 Å². The third kappa shape index (κ3) is 4.80. The van der Waals surface area contributed by atoms with E-state index in [9.17, 15) is 9.90 Å². The summed E-state index contributed by atoms with van der Waals surface area (Å²) in [4.78, 5) is 16.2. The van der Waals surface area contributed by atoms with Crippen LogP contribution < -0.4 is 5.32 Å². The van der Waals surface area contributed by atoms with E-state index in [1.54, 1.807) is 30.9 Å². The molecule has 0 bridgehead atoms. The van der Waals surface area contributed by atoms with Gasteiger partial charge in [0.15, 0.2) is 0 Å². The zero-order chi connectivity index (χ0) is 15.2. The number of hydrogen-bond acceptors (Lipinski definition) is 4. The van der Waals surface area contributed by atoms with Crippen LogP contribution in [0.15, 0.2) is 23.4 Å². The Morgan fingerprint density at radius 3 is 2.70 bits per heavy atom. The van der Waals surface area contributed by atoms with Gasteiger partial charge in [-0.3, -0.25) is 4.79 Å². The molecule has 112 valence electrons. The van der Waals surface area contributed by atoms with Crippen molar-refractivity contribution < 1.29 is 9.90 Å². The van der Waals surface area contributed by atoms with E-state index in [1.165, 1.54) is 0 Å². The Hall–Kier alpha value is -1.07. The number of hydrogen-bond donors (Lipinski definition) is 2. The van der Waals surface area contributed by atoms with Crippen molar-refractivity contribution in [1.82, 2.24) is 10.3 Å². The highest BCUT2D eigenvalue weighted by Crippen LogP contribution is 2.19. The molecular weight excluding hydrogens is 272 g/mol. The van der Waals surface area contributed by atoms with E-state index in [1.807, 2.05) is 19.9 Å². The average molecular weight is 296 g/mol. The van der Waals surface area contributed by atoms with E-state index in [0.29, 0.717) is 5.56 Å². The topological polar surface area (TPSA) is 62.2 Å². The molecule has 0 radical (unpaired) electrons. The predicted molar refractivity (Wildman–Crippen MR) is 83.0 cm³/mol. The molecule has 0 saturated heterocycles. The van der Waals surface area contributed by atoms with Gasteiger partial charge in [-0.05, 0) is 30.7 Å². The van der Waals surface area contributed by atoms with E-state index in [2.05, 4.69) is 17.2 Å². The summed E-state index contributed by atoms with van der Waals surface area (Å²) in [6, 6.07) is 3.61. The van der Waals surface area contributed by atoms with Gasteiger partial charge in [0.25, 0.3) is 5.91 Å². The molecule has 0 aliphatic heterocycles. The fourth-order valence-corrected chi connectivity index (χ4v) is 2.31. The molecular formula is C15H24N2O2S. The van der Waals surface area contributed by atoms with Crippen LogP contribution >= 0.6 is 11.8 Å². The van der Waals surface area contributed by atoms with Crippen molar-refractivity contribution in [3.8, 4) is 0 Å². The number of nitrogens with zero attached hydrogens (tertiary/aromatic N) is 1. The number of aromatic nitrogens is 1. The monoisotopic (exact) mass is 296 g/mol. The van der Waals surface area contributed by atoms with Crippen LogP contribution in [0.1, 0.15) is 44.5 Å². The van der Waals surface area contributed by atoms with Gasteiger partial charge < -0.3 is 10.4 Å². The van der Waals surface area contributed by atoms with Crippen molar-refractivity contribution in [2.45, 2.75) is 44.7 Å². The maximum Gasteiger partial charge on any atom is 0.252 e. The van der Waals surface area contributed by atoms with E-state index in [4.69, 9.17) is 0 Å². The number of carbonyl (C=O) groups is 1. The number of pyridine rings is 1. The number of carbonyl (C=O) groups excluding carboxylic acids is 1. The highest BCUT2D eigenvalue weighted by atomic mass is 32.2. The second-order valence-electron chi connectivity index (χ2n) is 5.17. The fourth-order valence-electron chi connectivity index (χ4n) is 1.72. The first-order valence-corrected chi connectivity index (χ1v) is 7.98. The maximum absolute atomic E-state index is 12.0. The van der Waals surface area contributed by atoms with Crippen LogP contribution in [0.2, 0.25) is 0 Å². The minimum atomic E-state index is -0.893. The zero-order valence-corrected chi connectivity index (χ0v) is 13.5. The molecule has 5 heteroatoms. The molecule has 1 aromatic heterocycles. The van der Waals surface area contributed by atoms with Crippen LogP contribution in [0, 0.1) is 5.92 Å². The molecule has 2 unspecified atom stereocenters. The van der Waals surface area contributed by atoms with Crippen molar-refractivity contribution in [3.05, 3.63) is 23.9 Å². The smallest absolute Gasteiger partial charge is 0.252 e. The lowest BCUT2D eigenvalue weighted by Crippen LogP contribution is -2.45. The lowest BCUT2D eigenvalue weighted by molar-refractivity contribution is 0.00592. The Morgan fingerprint density at radius 1 is 1.50 bits per heavy atom. The van der Waals surface area contributed by atoms with Gasteiger partial charge >= 0.3 is 0 Å². The van der Waals surface area contributed by atoms with Crippen molar-refractivity contribution in [3.63, 3.8) is 0 Å². The molecule has 4 nitrogen and oxygen atoms in total. The van der Waals surface area contributed by atoms with Crippen LogP contribution in [0.25, 0.3) is 0 Å². The second-order valence-corrected chi connectivity index (χ2v) is 6.45. The lowest BCUT2D eigenvalue weighted by Gasteiger charge is -2.29. The molecule has 0 aliphatic rings.